The maximum Gasteiger partial charge on any atom is 0.332 e. The quantitative estimate of drug-likeness (QED) is 0.155. The lowest BCUT2D eigenvalue weighted by atomic mass is 10.2. The number of halogens is 1. The second kappa shape index (κ2) is 14.0. The SMILES string of the molecule is CCOC(=O)COC[C@H](CC)Nc1cc(CO[Si](c2ccccc2)(c2ccccc2)C(C)(C)C)cc(Br)n1. The topological polar surface area (TPSA) is 69.7 Å². The third-order valence-electron chi connectivity index (χ3n) is 6.42. The van der Waals surface area contributed by atoms with Crippen LogP contribution in [0, 0.1) is 0 Å². The minimum absolute atomic E-state index is 0.00308. The second-order valence-corrected chi connectivity index (χ2v) is 15.3. The van der Waals surface area contributed by atoms with Gasteiger partial charge in [-0.15, -0.1) is 0 Å². The van der Waals surface area contributed by atoms with Crippen LogP contribution in [0.4, 0.5) is 5.82 Å². The Morgan fingerprint density at radius 2 is 1.61 bits per heavy atom. The Balaban J connectivity index is 1.84. The van der Waals surface area contributed by atoms with Gasteiger partial charge in [-0.3, -0.25) is 0 Å². The largest absolute Gasteiger partial charge is 0.464 e. The van der Waals surface area contributed by atoms with Gasteiger partial charge in [0.2, 0.25) is 0 Å². The van der Waals surface area contributed by atoms with E-state index in [9.17, 15) is 4.79 Å². The molecule has 0 unspecified atom stereocenters. The van der Waals surface area contributed by atoms with E-state index in [4.69, 9.17) is 13.9 Å². The van der Waals surface area contributed by atoms with Gasteiger partial charge in [0.1, 0.15) is 17.0 Å². The van der Waals surface area contributed by atoms with Gasteiger partial charge in [-0.2, -0.15) is 0 Å². The lowest BCUT2D eigenvalue weighted by molar-refractivity contribution is -0.148. The Morgan fingerprint density at radius 3 is 2.13 bits per heavy atom. The maximum atomic E-state index is 11.6. The number of carbonyl (C=O) groups excluding carboxylic acids is 1. The van der Waals surface area contributed by atoms with E-state index in [1.165, 1.54) is 10.4 Å². The zero-order valence-electron chi connectivity index (χ0n) is 23.0. The van der Waals surface area contributed by atoms with Crippen LogP contribution in [-0.4, -0.2) is 45.1 Å². The third kappa shape index (κ3) is 7.76. The molecule has 0 aliphatic rings. The van der Waals surface area contributed by atoms with Crippen LogP contribution in [0.15, 0.2) is 77.4 Å². The van der Waals surface area contributed by atoms with Gasteiger partial charge in [0.05, 0.1) is 25.9 Å². The molecule has 2 aromatic carbocycles. The van der Waals surface area contributed by atoms with Crippen LogP contribution in [0.1, 0.15) is 46.6 Å². The molecule has 204 valence electrons. The van der Waals surface area contributed by atoms with Crippen molar-refractivity contribution < 1.29 is 18.7 Å². The van der Waals surface area contributed by atoms with Gasteiger partial charge >= 0.3 is 5.97 Å². The minimum Gasteiger partial charge on any atom is -0.464 e. The maximum absolute atomic E-state index is 11.6. The molecule has 0 fully saturated rings. The van der Waals surface area contributed by atoms with Crippen molar-refractivity contribution in [3.63, 3.8) is 0 Å². The monoisotopic (exact) mass is 598 g/mol. The van der Waals surface area contributed by atoms with Crippen LogP contribution in [0.3, 0.4) is 0 Å². The third-order valence-corrected chi connectivity index (χ3v) is 11.8. The summed E-state index contributed by atoms with van der Waals surface area (Å²) in [6.45, 7) is 11.8. The van der Waals surface area contributed by atoms with E-state index in [-0.39, 0.29) is 23.7 Å². The summed E-state index contributed by atoms with van der Waals surface area (Å²) in [4.78, 5) is 16.2. The summed E-state index contributed by atoms with van der Waals surface area (Å²) in [6, 6.07) is 25.3. The zero-order chi connectivity index (χ0) is 27.6. The van der Waals surface area contributed by atoms with E-state index in [0.29, 0.717) is 19.8 Å². The van der Waals surface area contributed by atoms with Gasteiger partial charge in [0, 0.05) is 0 Å². The molecule has 3 rings (SSSR count). The fraction of sp³-hybridized carbons (Fsp3) is 0.400. The molecule has 1 aromatic heterocycles. The predicted molar refractivity (Wildman–Crippen MR) is 160 cm³/mol. The summed E-state index contributed by atoms with van der Waals surface area (Å²) < 4.78 is 18.3. The Bertz CT molecular complexity index is 1120. The number of hydrogen-bond donors (Lipinski definition) is 1. The van der Waals surface area contributed by atoms with Gasteiger partial charge in [-0.25, -0.2) is 9.78 Å². The number of rotatable bonds is 13. The number of esters is 1. The minimum atomic E-state index is -2.66. The van der Waals surface area contributed by atoms with Crippen LogP contribution in [0.2, 0.25) is 5.04 Å². The van der Waals surface area contributed by atoms with Crippen molar-refractivity contribution in [2.24, 2.45) is 0 Å². The van der Waals surface area contributed by atoms with Crippen molar-refractivity contribution in [2.45, 2.75) is 58.7 Å². The number of carbonyl (C=O) groups is 1. The number of ether oxygens (including phenoxy) is 2. The van der Waals surface area contributed by atoms with Crippen molar-refractivity contribution in [2.75, 3.05) is 25.1 Å². The molecule has 38 heavy (non-hydrogen) atoms. The normalized spacial score (nSPS) is 12.7. The molecule has 0 aliphatic carbocycles. The highest BCUT2D eigenvalue weighted by Crippen LogP contribution is 2.37. The molecular formula is C30H39BrN2O4Si. The summed E-state index contributed by atoms with van der Waals surface area (Å²) in [5.41, 5.74) is 1.02. The van der Waals surface area contributed by atoms with E-state index in [2.05, 4.69) is 115 Å². The summed E-state index contributed by atoms with van der Waals surface area (Å²) >= 11 is 3.58. The molecule has 1 heterocycles. The number of nitrogens with one attached hydrogen (secondary N) is 1. The van der Waals surface area contributed by atoms with Crippen molar-refractivity contribution in [1.29, 1.82) is 0 Å². The average Bonchev–Trinajstić information content (AvgIpc) is 2.89. The highest BCUT2D eigenvalue weighted by Gasteiger charge is 2.50. The number of nitrogens with zero attached hydrogens (tertiary/aromatic N) is 1. The number of benzene rings is 2. The summed E-state index contributed by atoms with van der Waals surface area (Å²) in [5, 5.41) is 5.83. The molecule has 0 amide bonds. The highest BCUT2D eigenvalue weighted by atomic mass is 79.9. The number of hydrogen-bond acceptors (Lipinski definition) is 6. The number of pyridine rings is 1. The predicted octanol–water partition coefficient (Wildman–Crippen LogP) is 5.69. The van der Waals surface area contributed by atoms with E-state index < -0.39 is 8.32 Å². The van der Waals surface area contributed by atoms with E-state index >= 15 is 0 Å². The molecule has 0 bridgehead atoms. The van der Waals surface area contributed by atoms with E-state index in [1.807, 2.05) is 12.1 Å². The van der Waals surface area contributed by atoms with Crippen molar-refractivity contribution in [3.05, 3.63) is 83.0 Å². The average molecular weight is 600 g/mol. The van der Waals surface area contributed by atoms with Crippen LogP contribution >= 0.6 is 15.9 Å². The zero-order valence-corrected chi connectivity index (χ0v) is 25.6. The molecular weight excluding hydrogens is 560 g/mol. The van der Waals surface area contributed by atoms with Crippen molar-refractivity contribution >= 4 is 46.4 Å². The Labute approximate surface area is 236 Å². The fourth-order valence-corrected chi connectivity index (χ4v) is 9.64. The first-order valence-electron chi connectivity index (χ1n) is 13.1. The molecule has 0 saturated heterocycles. The molecule has 1 N–H and O–H groups in total. The lowest BCUT2D eigenvalue weighted by Gasteiger charge is -2.43. The van der Waals surface area contributed by atoms with Crippen molar-refractivity contribution in [1.82, 2.24) is 4.98 Å². The van der Waals surface area contributed by atoms with Crippen LogP contribution in [0.25, 0.3) is 0 Å². The van der Waals surface area contributed by atoms with Crippen LogP contribution in [0.5, 0.6) is 0 Å². The molecule has 0 saturated carbocycles. The van der Waals surface area contributed by atoms with Gasteiger partial charge < -0.3 is 19.2 Å². The molecule has 1 atom stereocenters. The van der Waals surface area contributed by atoms with Gasteiger partial charge in [-0.1, -0.05) is 88.4 Å². The standard InChI is InChI=1S/C30H39BrN2O4Si/c1-6-24(21-35-22-29(34)36-7-2)32-28-19-23(18-27(31)33-28)20-37-38(30(3,4)5,25-14-10-8-11-15-25)26-16-12-9-13-17-26/h8-19,24H,6-7,20-22H2,1-5H3,(H,32,33)/t24-/m0/s1. The first-order valence-corrected chi connectivity index (χ1v) is 15.8. The van der Waals surface area contributed by atoms with Crippen LogP contribution in [-0.2, 0) is 25.3 Å². The number of anilines is 1. The second-order valence-electron chi connectivity index (χ2n) is 10.2. The van der Waals surface area contributed by atoms with Crippen LogP contribution < -0.4 is 15.7 Å². The van der Waals surface area contributed by atoms with Gasteiger partial charge in [-0.05, 0) is 62.4 Å². The Hall–Kier alpha value is -2.52. The molecule has 3 aromatic rings. The van der Waals surface area contributed by atoms with E-state index in [1.54, 1.807) is 6.92 Å². The van der Waals surface area contributed by atoms with Crippen molar-refractivity contribution in [3.8, 4) is 0 Å². The summed E-state index contributed by atoms with van der Waals surface area (Å²) in [6.07, 6.45) is 0.810. The molecule has 0 aliphatic heterocycles. The number of aromatic nitrogens is 1. The van der Waals surface area contributed by atoms with E-state index in [0.717, 1.165) is 22.4 Å². The lowest BCUT2D eigenvalue weighted by Crippen LogP contribution is -2.66. The smallest absolute Gasteiger partial charge is 0.332 e. The summed E-state index contributed by atoms with van der Waals surface area (Å²) in [7, 11) is -2.66. The Morgan fingerprint density at radius 1 is 1.00 bits per heavy atom. The molecule has 0 radical (unpaired) electrons. The molecule has 8 heteroatoms. The summed E-state index contributed by atoms with van der Waals surface area (Å²) in [5.74, 6) is 0.373. The first kappa shape index (κ1) is 30.0. The fourth-order valence-electron chi connectivity index (χ4n) is 4.62. The van der Waals surface area contributed by atoms with Gasteiger partial charge in [0.15, 0.2) is 0 Å². The Kier molecular flexibility index (Phi) is 11.1. The van der Waals surface area contributed by atoms with Gasteiger partial charge in [0.25, 0.3) is 8.32 Å². The highest BCUT2D eigenvalue weighted by molar-refractivity contribution is 9.10. The molecule has 6 nitrogen and oxygen atoms in total. The molecule has 0 spiro atoms. The first-order chi connectivity index (χ1) is 18.2.